The molecule has 0 amide bonds. The monoisotopic (exact) mass is 520 g/mol. The molecule has 10 heteroatoms. The fraction of sp³-hybridized carbons (Fsp3) is 0.111. The SMILES string of the molecule is CN(Cc1ccccc1)Cc1c(-c2ccc([N+](=O)[O-])cc2)sc2nc([O-])n(-c3ccccc3)c(=O)c12.[Na+]. The van der Waals surface area contributed by atoms with E-state index >= 15 is 0 Å². The van der Waals surface area contributed by atoms with Crippen LogP contribution < -0.4 is 40.2 Å². The van der Waals surface area contributed by atoms with Crippen LogP contribution in [0.3, 0.4) is 0 Å². The van der Waals surface area contributed by atoms with Crippen LogP contribution >= 0.6 is 11.3 Å². The van der Waals surface area contributed by atoms with Crippen molar-refractivity contribution in [3.05, 3.63) is 117 Å². The smallest absolute Gasteiger partial charge is 0.845 e. The van der Waals surface area contributed by atoms with Crippen molar-refractivity contribution >= 4 is 27.2 Å². The number of para-hydroxylation sites is 1. The van der Waals surface area contributed by atoms with Gasteiger partial charge in [-0.1, -0.05) is 48.5 Å². The average molecular weight is 521 g/mol. The largest absolute Gasteiger partial charge is 1.00 e. The van der Waals surface area contributed by atoms with E-state index in [0.29, 0.717) is 29.0 Å². The molecule has 180 valence electrons. The Labute approximate surface area is 238 Å². The molecule has 0 N–H and O–H groups in total. The second-order valence-corrected chi connectivity index (χ2v) is 9.42. The van der Waals surface area contributed by atoms with E-state index in [4.69, 9.17) is 0 Å². The molecule has 2 aromatic heterocycles. The summed E-state index contributed by atoms with van der Waals surface area (Å²) in [6.45, 7) is 1.07. The van der Waals surface area contributed by atoms with Crippen molar-refractivity contribution in [2.75, 3.05) is 7.05 Å². The van der Waals surface area contributed by atoms with Crippen LogP contribution in [-0.4, -0.2) is 26.4 Å². The maximum Gasteiger partial charge on any atom is 1.00 e. The van der Waals surface area contributed by atoms with Gasteiger partial charge in [0.25, 0.3) is 11.2 Å². The van der Waals surface area contributed by atoms with Crippen molar-refractivity contribution in [2.24, 2.45) is 0 Å². The van der Waals surface area contributed by atoms with Gasteiger partial charge in [0.2, 0.25) is 0 Å². The Morgan fingerprint density at radius 1 is 0.946 bits per heavy atom. The zero-order chi connectivity index (χ0) is 25.2. The van der Waals surface area contributed by atoms with E-state index in [9.17, 15) is 20.0 Å². The van der Waals surface area contributed by atoms with Crippen molar-refractivity contribution in [3.8, 4) is 22.1 Å². The van der Waals surface area contributed by atoms with Gasteiger partial charge in [-0.05, 0) is 48.0 Å². The van der Waals surface area contributed by atoms with Crippen LogP contribution in [0.1, 0.15) is 11.1 Å². The van der Waals surface area contributed by atoms with Gasteiger partial charge in [0.1, 0.15) is 4.83 Å². The van der Waals surface area contributed by atoms with E-state index in [1.165, 1.54) is 23.5 Å². The molecule has 37 heavy (non-hydrogen) atoms. The number of nitro benzene ring substituents is 1. The molecule has 0 saturated heterocycles. The molecule has 0 radical (unpaired) electrons. The van der Waals surface area contributed by atoms with Crippen LogP contribution in [0.5, 0.6) is 6.01 Å². The molecular weight excluding hydrogens is 499 g/mol. The van der Waals surface area contributed by atoms with Gasteiger partial charge in [-0.25, -0.2) is 4.98 Å². The van der Waals surface area contributed by atoms with E-state index in [2.05, 4.69) is 9.88 Å². The number of rotatable bonds is 7. The van der Waals surface area contributed by atoms with E-state index in [1.54, 1.807) is 36.4 Å². The van der Waals surface area contributed by atoms with Gasteiger partial charge >= 0.3 is 29.6 Å². The predicted octanol–water partition coefficient (Wildman–Crippen LogP) is 1.73. The van der Waals surface area contributed by atoms with Crippen LogP contribution in [0, 0.1) is 10.1 Å². The summed E-state index contributed by atoms with van der Waals surface area (Å²) in [5.41, 5.74) is 2.60. The summed E-state index contributed by atoms with van der Waals surface area (Å²) < 4.78 is 1.09. The molecule has 0 aliphatic carbocycles. The minimum absolute atomic E-state index is 0. The molecule has 0 spiro atoms. The van der Waals surface area contributed by atoms with Crippen molar-refractivity contribution in [1.82, 2.24) is 14.5 Å². The number of fused-ring (bicyclic) bond motifs is 1. The predicted molar refractivity (Wildman–Crippen MR) is 138 cm³/mol. The molecule has 0 bridgehead atoms. The topological polar surface area (TPSA) is 104 Å². The minimum atomic E-state index is -0.639. The molecule has 0 fully saturated rings. The van der Waals surface area contributed by atoms with Crippen molar-refractivity contribution in [2.45, 2.75) is 13.1 Å². The number of thiophene rings is 1. The molecule has 5 aromatic rings. The summed E-state index contributed by atoms with van der Waals surface area (Å²) in [6.07, 6.45) is 0. The Morgan fingerprint density at radius 3 is 2.19 bits per heavy atom. The quantitative estimate of drug-likeness (QED) is 0.184. The van der Waals surface area contributed by atoms with Gasteiger partial charge in [0.15, 0.2) is 0 Å². The van der Waals surface area contributed by atoms with Gasteiger partial charge in [0, 0.05) is 35.8 Å². The number of benzene rings is 3. The van der Waals surface area contributed by atoms with Crippen LogP contribution in [0.4, 0.5) is 5.69 Å². The number of hydrogen-bond donors (Lipinski definition) is 0. The second kappa shape index (κ2) is 11.4. The van der Waals surface area contributed by atoms with Crippen LogP contribution in [0.25, 0.3) is 26.3 Å². The number of nitrogens with zero attached hydrogens (tertiary/aromatic N) is 4. The van der Waals surface area contributed by atoms with Crippen LogP contribution in [0.2, 0.25) is 0 Å². The first-order chi connectivity index (χ1) is 17.4. The standard InChI is InChI=1S/C27H22N4O4S.Na/c1-29(16-18-8-4-2-5-9-18)17-22-23-25(36-24(22)19-12-14-21(15-13-19)31(34)35)28-27(33)30(26(23)32)20-10-6-3-7-11-20;/h2-15H,16-17H2,1H3,(H,28,33);/q;+1/p-1. The molecule has 0 saturated carbocycles. The Balaban J connectivity index is 0.00000320. The molecule has 3 aromatic carbocycles. The first-order valence-corrected chi connectivity index (χ1v) is 12.0. The van der Waals surface area contributed by atoms with Gasteiger partial charge in [-0.2, -0.15) is 0 Å². The molecular formula is C27H21N4NaO4S. The molecule has 0 unspecified atom stereocenters. The molecule has 5 rings (SSSR count). The third-order valence-electron chi connectivity index (χ3n) is 5.87. The Morgan fingerprint density at radius 2 is 1.57 bits per heavy atom. The van der Waals surface area contributed by atoms with E-state index in [0.717, 1.165) is 26.1 Å². The van der Waals surface area contributed by atoms with Crippen molar-refractivity contribution < 1.29 is 39.6 Å². The Kier molecular flexibility index (Phi) is 8.21. The van der Waals surface area contributed by atoms with Crippen LogP contribution in [0.15, 0.2) is 89.7 Å². The van der Waals surface area contributed by atoms with Gasteiger partial charge in [-0.3, -0.25) is 24.4 Å². The Hall–Kier alpha value is -3.34. The van der Waals surface area contributed by atoms with Crippen LogP contribution in [-0.2, 0) is 13.1 Å². The Bertz CT molecular complexity index is 1600. The summed E-state index contributed by atoms with van der Waals surface area (Å²) >= 11 is 1.25. The second-order valence-electron chi connectivity index (χ2n) is 8.42. The molecule has 2 heterocycles. The summed E-state index contributed by atoms with van der Waals surface area (Å²) in [4.78, 5) is 31.9. The van der Waals surface area contributed by atoms with Crippen molar-refractivity contribution in [3.63, 3.8) is 0 Å². The first kappa shape index (κ1) is 26.7. The number of aromatic nitrogens is 2. The van der Waals surface area contributed by atoms with E-state index in [-0.39, 0.29) is 35.2 Å². The molecule has 0 aliphatic rings. The molecule has 0 atom stereocenters. The maximum atomic E-state index is 13.7. The number of non-ortho nitro benzene ring substituents is 1. The van der Waals surface area contributed by atoms with Crippen molar-refractivity contribution in [1.29, 1.82) is 0 Å². The average Bonchev–Trinajstić information content (AvgIpc) is 3.23. The number of nitro groups is 1. The zero-order valence-corrected chi connectivity index (χ0v) is 23.1. The third-order valence-corrected chi connectivity index (χ3v) is 7.05. The minimum Gasteiger partial charge on any atom is -0.845 e. The van der Waals surface area contributed by atoms with E-state index < -0.39 is 16.5 Å². The zero-order valence-electron chi connectivity index (χ0n) is 20.3. The molecule has 0 aliphatic heterocycles. The molecule has 8 nitrogen and oxygen atoms in total. The van der Waals surface area contributed by atoms with Gasteiger partial charge in [-0.15, -0.1) is 11.3 Å². The maximum absolute atomic E-state index is 13.7. The third kappa shape index (κ3) is 5.51. The fourth-order valence-electron chi connectivity index (χ4n) is 4.23. The summed E-state index contributed by atoms with van der Waals surface area (Å²) in [5.74, 6) is 0. The normalized spacial score (nSPS) is 11.0. The summed E-state index contributed by atoms with van der Waals surface area (Å²) in [6, 6.07) is 24.3. The summed E-state index contributed by atoms with van der Waals surface area (Å²) in [7, 11) is 1.96. The first-order valence-electron chi connectivity index (χ1n) is 11.2. The summed E-state index contributed by atoms with van der Waals surface area (Å²) in [5, 5.41) is 24.4. The van der Waals surface area contributed by atoms with E-state index in [1.807, 2.05) is 43.4 Å². The van der Waals surface area contributed by atoms with Gasteiger partial charge < -0.3 is 5.11 Å². The van der Waals surface area contributed by atoms with Gasteiger partial charge in [0.05, 0.1) is 16.3 Å². The fourth-order valence-corrected chi connectivity index (χ4v) is 5.40. The number of hydrogen-bond acceptors (Lipinski definition) is 7.